The summed E-state index contributed by atoms with van der Waals surface area (Å²) in [5.41, 5.74) is 6.97. The van der Waals surface area contributed by atoms with Gasteiger partial charge in [0.2, 0.25) is 5.76 Å². The Bertz CT molecular complexity index is 581. The zero-order valence-electron chi connectivity index (χ0n) is 12.8. The fraction of sp³-hybridized carbons (Fsp3) is 0.353. The number of methoxy groups -OCH3 is 1. The Morgan fingerprint density at radius 3 is 2.64 bits per heavy atom. The third-order valence-corrected chi connectivity index (χ3v) is 3.43. The van der Waals surface area contributed by atoms with Crippen LogP contribution in [0.2, 0.25) is 0 Å². The second-order valence-electron chi connectivity index (χ2n) is 5.06. The highest BCUT2D eigenvalue weighted by molar-refractivity contribution is 5.86. The summed E-state index contributed by atoms with van der Waals surface area (Å²) in [6.07, 6.45) is 0.950. The van der Waals surface area contributed by atoms with Gasteiger partial charge in [-0.25, -0.2) is 4.79 Å². The van der Waals surface area contributed by atoms with Crippen LogP contribution in [0.15, 0.2) is 46.9 Å². The van der Waals surface area contributed by atoms with Crippen molar-refractivity contribution in [3.63, 3.8) is 0 Å². The maximum atomic E-state index is 11.4. The second kappa shape index (κ2) is 8.36. The van der Waals surface area contributed by atoms with Crippen molar-refractivity contribution in [3.05, 3.63) is 59.5 Å². The molecular formula is C17H22N2O3. The molecule has 2 aromatic rings. The van der Waals surface area contributed by atoms with E-state index in [2.05, 4.69) is 21.8 Å². The van der Waals surface area contributed by atoms with Crippen LogP contribution in [0.25, 0.3) is 0 Å². The first kappa shape index (κ1) is 16.3. The van der Waals surface area contributed by atoms with E-state index in [0.29, 0.717) is 13.1 Å². The van der Waals surface area contributed by atoms with Crippen LogP contribution in [0, 0.1) is 0 Å². The average molecular weight is 302 g/mol. The lowest BCUT2D eigenvalue weighted by molar-refractivity contribution is 0.0561. The number of nitrogens with zero attached hydrogens (tertiary/aromatic N) is 1. The topological polar surface area (TPSA) is 68.7 Å². The number of hydrogen-bond acceptors (Lipinski definition) is 5. The lowest BCUT2D eigenvalue weighted by Crippen LogP contribution is -2.30. The summed E-state index contributed by atoms with van der Waals surface area (Å²) in [6.45, 7) is 2.87. The van der Waals surface area contributed by atoms with Gasteiger partial charge >= 0.3 is 5.97 Å². The van der Waals surface area contributed by atoms with Crippen LogP contribution in [0.5, 0.6) is 0 Å². The van der Waals surface area contributed by atoms with Crippen molar-refractivity contribution in [2.75, 3.05) is 26.7 Å². The molecule has 5 nitrogen and oxygen atoms in total. The third-order valence-electron chi connectivity index (χ3n) is 3.43. The Kier molecular flexibility index (Phi) is 6.18. The fourth-order valence-corrected chi connectivity index (χ4v) is 2.28. The number of hydrogen-bond donors (Lipinski definition) is 1. The molecule has 1 aromatic carbocycles. The number of carbonyl (C=O) groups excluding carboxylic acids is 1. The SMILES string of the molecule is COC(=O)c1ccc(CN(CCN)CCc2ccccc2)o1. The minimum atomic E-state index is -0.457. The molecule has 0 saturated heterocycles. The molecule has 0 aliphatic rings. The molecule has 2 N–H and O–H groups in total. The Morgan fingerprint density at radius 1 is 1.18 bits per heavy atom. The zero-order chi connectivity index (χ0) is 15.8. The van der Waals surface area contributed by atoms with Gasteiger partial charge in [-0.1, -0.05) is 30.3 Å². The van der Waals surface area contributed by atoms with Gasteiger partial charge in [0, 0.05) is 19.6 Å². The van der Waals surface area contributed by atoms with Gasteiger partial charge in [0.05, 0.1) is 13.7 Å². The van der Waals surface area contributed by atoms with Gasteiger partial charge < -0.3 is 14.9 Å². The summed E-state index contributed by atoms with van der Waals surface area (Å²) >= 11 is 0. The first-order valence-corrected chi connectivity index (χ1v) is 7.36. The standard InChI is InChI=1S/C17H22N2O3/c1-21-17(20)16-8-7-15(22-16)13-19(12-10-18)11-9-14-5-3-2-4-6-14/h2-8H,9-13,18H2,1H3. The lowest BCUT2D eigenvalue weighted by atomic mass is 10.1. The molecule has 2 rings (SSSR count). The van der Waals surface area contributed by atoms with E-state index in [0.717, 1.165) is 25.3 Å². The van der Waals surface area contributed by atoms with Gasteiger partial charge in [-0.15, -0.1) is 0 Å². The second-order valence-corrected chi connectivity index (χ2v) is 5.06. The van der Waals surface area contributed by atoms with Gasteiger partial charge in [0.1, 0.15) is 5.76 Å². The Labute approximate surface area is 130 Å². The largest absolute Gasteiger partial charge is 0.463 e. The minimum absolute atomic E-state index is 0.230. The van der Waals surface area contributed by atoms with Crippen molar-refractivity contribution < 1.29 is 13.9 Å². The number of carbonyl (C=O) groups is 1. The quantitative estimate of drug-likeness (QED) is 0.756. The molecule has 0 aliphatic heterocycles. The van der Waals surface area contributed by atoms with Crippen molar-refractivity contribution in [2.45, 2.75) is 13.0 Å². The van der Waals surface area contributed by atoms with Crippen LogP contribution in [0.1, 0.15) is 21.9 Å². The van der Waals surface area contributed by atoms with Gasteiger partial charge in [0.15, 0.2) is 0 Å². The molecule has 5 heteroatoms. The Balaban J connectivity index is 1.93. The maximum Gasteiger partial charge on any atom is 0.373 e. The van der Waals surface area contributed by atoms with Crippen molar-refractivity contribution in [1.29, 1.82) is 0 Å². The highest BCUT2D eigenvalue weighted by Crippen LogP contribution is 2.12. The highest BCUT2D eigenvalue weighted by Gasteiger charge is 2.13. The molecule has 1 aromatic heterocycles. The number of esters is 1. The summed E-state index contributed by atoms with van der Waals surface area (Å²) in [7, 11) is 1.34. The monoisotopic (exact) mass is 302 g/mol. The highest BCUT2D eigenvalue weighted by atomic mass is 16.5. The van der Waals surface area contributed by atoms with Gasteiger partial charge in [-0.05, 0) is 24.1 Å². The summed E-state index contributed by atoms with van der Waals surface area (Å²) in [4.78, 5) is 13.6. The van der Waals surface area contributed by atoms with E-state index in [1.807, 2.05) is 18.2 Å². The Hall–Kier alpha value is -2.11. The molecule has 0 aliphatic carbocycles. The predicted octanol–water partition coefficient (Wildman–Crippen LogP) is 2.07. The average Bonchev–Trinajstić information content (AvgIpc) is 3.01. The van der Waals surface area contributed by atoms with Crippen molar-refractivity contribution in [2.24, 2.45) is 5.73 Å². The van der Waals surface area contributed by atoms with E-state index >= 15 is 0 Å². The molecule has 0 fully saturated rings. The molecule has 1 heterocycles. The van der Waals surface area contributed by atoms with Crippen LogP contribution in [-0.4, -0.2) is 37.6 Å². The first-order chi connectivity index (χ1) is 10.7. The third kappa shape index (κ3) is 4.72. The van der Waals surface area contributed by atoms with Crippen LogP contribution < -0.4 is 5.73 Å². The number of benzene rings is 1. The maximum absolute atomic E-state index is 11.4. The normalized spacial score (nSPS) is 10.9. The van der Waals surface area contributed by atoms with Gasteiger partial charge in [-0.2, -0.15) is 0 Å². The van der Waals surface area contributed by atoms with Crippen molar-refractivity contribution in [3.8, 4) is 0 Å². The molecule has 0 radical (unpaired) electrons. The minimum Gasteiger partial charge on any atom is -0.463 e. The smallest absolute Gasteiger partial charge is 0.373 e. The molecule has 0 amide bonds. The number of ether oxygens (including phenoxy) is 1. The van der Waals surface area contributed by atoms with Crippen LogP contribution >= 0.6 is 0 Å². The molecule has 0 bridgehead atoms. The van der Waals surface area contributed by atoms with E-state index in [4.69, 9.17) is 10.2 Å². The van der Waals surface area contributed by atoms with E-state index < -0.39 is 5.97 Å². The van der Waals surface area contributed by atoms with Gasteiger partial charge in [0.25, 0.3) is 0 Å². The summed E-state index contributed by atoms with van der Waals surface area (Å²) < 4.78 is 10.1. The lowest BCUT2D eigenvalue weighted by Gasteiger charge is -2.20. The molecule has 118 valence electrons. The van der Waals surface area contributed by atoms with Gasteiger partial charge in [-0.3, -0.25) is 4.90 Å². The summed E-state index contributed by atoms with van der Waals surface area (Å²) in [5.74, 6) is 0.510. The number of nitrogens with two attached hydrogens (primary N) is 1. The van der Waals surface area contributed by atoms with Crippen molar-refractivity contribution >= 4 is 5.97 Å². The molecular weight excluding hydrogens is 280 g/mol. The summed E-state index contributed by atoms with van der Waals surface area (Å²) in [5, 5.41) is 0. The molecule has 22 heavy (non-hydrogen) atoms. The molecule has 0 saturated carbocycles. The van der Waals surface area contributed by atoms with Crippen LogP contribution in [0.4, 0.5) is 0 Å². The number of rotatable bonds is 8. The molecule has 0 spiro atoms. The van der Waals surface area contributed by atoms with E-state index in [9.17, 15) is 4.79 Å². The fourth-order valence-electron chi connectivity index (χ4n) is 2.28. The molecule has 0 unspecified atom stereocenters. The number of furan rings is 1. The van der Waals surface area contributed by atoms with E-state index in [1.54, 1.807) is 12.1 Å². The van der Waals surface area contributed by atoms with E-state index in [-0.39, 0.29) is 5.76 Å². The summed E-state index contributed by atoms with van der Waals surface area (Å²) in [6, 6.07) is 13.8. The van der Waals surface area contributed by atoms with Crippen LogP contribution in [0.3, 0.4) is 0 Å². The first-order valence-electron chi connectivity index (χ1n) is 7.36. The van der Waals surface area contributed by atoms with Crippen LogP contribution in [-0.2, 0) is 17.7 Å². The predicted molar refractivity (Wildman–Crippen MR) is 84.5 cm³/mol. The van der Waals surface area contributed by atoms with E-state index in [1.165, 1.54) is 12.7 Å². The van der Waals surface area contributed by atoms with Crippen molar-refractivity contribution in [1.82, 2.24) is 4.90 Å². The molecule has 0 atom stereocenters. The zero-order valence-corrected chi connectivity index (χ0v) is 12.8. The Morgan fingerprint density at radius 2 is 1.95 bits per heavy atom.